The minimum Gasteiger partial charge on any atom is -0.326 e. The van der Waals surface area contributed by atoms with Crippen LogP contribution in [-0.4, -0.2) is 21.8 Å². The molecule has 0 spiro atoms. The number of benzene rings is 1. The predicted octanol–water partition coefficient (Wildman–Crippen LogP) is 3.55. The third-order valence-electron chi connectivity index (χ3n) is 3.21. The SMILES string of the molecule is CC(=O)Nc1ccc(-c2csc(NC(=O)c3ccnc(F)c3)n2)cc1. The van der Waals surface area contributed by atoms with E-state index >= 15 is 0 Å². The Labute approximate surface area is 146 Å². The van der Waals surface area contributed by atoms with Gasteiger partial charge in [0, 0.05) is 41.4 Å². The van der Waals surface area contributed by atoms with Crippen molar-refractivity contribution in [2.24, 2.45) is 0 Å². The fraction of sp³-hybridized carbons (Fsp3) is 0.0588. The fourth-order valence-electron chi connectivity index (χ4n) is 2.10. The number of halogens is 1. The summed E-state index contributed by atoms with van der Waals surface area (Å²) in [5.41, 5.74) is 2.40. The summed E-state index contributed by atoms with van der Waals surface area (Å²) in [5, 5.41) is 7.53. The van der Waals surface area contributed by atoms with E-state index in [-0.39, 0.29) is 11.5 Å². The van der Waals surface area contributed by atoms with Gasteiger partial charge in [0.1, 0.15) is 0 Å². The summed E-state index contributed by atoms with van der Waals surface area (Å²) in [5.74, 6) is -1.31. The normalized spacial score (nSPS) is 10.3. The molecule has 2 aromatic heterocycles. The molecule has 0 aliphatic carbocycles. The molecule has 1 aromatic carbocycles. The summed E-state index contributed by atoms with van der Waals surface area (Å²) in [6, 6.07) is 9.68. The standard InChI is InChI=1S/C17H13FN4O2S/c1-10(23)20-13-4-2-11(3-5-13)14-9-25-17(21-14)22-16(24)12-6-7-19-15(18)8-12/h2-9H,1H3,(H,20,23)(H,21,22,24). The first-order chi connectivity index (χ1) is 12.0. The third kappa shape index (κ3) is 4.24. The summed E-state index contributed by atoms with van der Waals surface area (Å²) in [7, 11) is 0. The van der Waals surface area contributed by atoms with E-state index in [0.717, 1.165) is 11.6 Å². The van der Waals surface area contributed by atoms with Gasteiger partial charge in [0.15, 0.2) is 5.13 Å². The first-order valence-electron chi connectivity index (χ1n) is 7.28. The molecule has 0 radical (unpaired) electrons. The van der Waals surface area contributed by atoms with E-state index in [4.69, 9.17) is 0 Å². The van der Waals surface area contributed by atoms with Crippen molar-refractivity contribution in [3.8, 4) is 11.3 Å². The van der Waals surface area contributed by atoms with Crippen LogP contribution in [0.1, 0.15) is 17.3 Å². The molecule has 0 aliphatic heterocycles. The van der Waals surface area contributed by atoms with E-state index in [1.165, 1.54) is 30.5 Å². The molecule has 3 aromatic rings. The molecule has 0 aliphatic rings. The monoisotopic (exact) mass is 356 g/mol. The summed E-state index contributed by atoms with van der Waals surface area (Å²) in [4.78, 5) is 30.9. The van der Waals surface area contributed by atoms with Crippen LogP contribution in [0.15, 0.2) is 48.0 Å². The summed E-state index contributed by atoms with van der Waals surface area (Å²) in [6.07, 6.45) is 1.23. The zero-order valence-electron chi connectivity index (χ0n) is 13.1. The Balaban J connectivity index is 1.72. The number of rotatable bonds is 4. The number of hydrogen-bond donors (Lipinski definition) is 2. The van der Waals surface area contributed by atoms with Gasteiger partial charge in [-0.1, -0.05) is 12.1 Å². The Kier molecular flexibility index (Phi) is 4.80. The highest BCUT2D eigenvalue weighted by atomic mass is 32.1. The number of carbonyl (C=O) groups excluding carboxylic acids is 2. The van der Waals surface area contributed by atoms with Gasteiger partial charge in [0.2, 0.25) is 11.9 Å². The van der Waals surface area contributed by atoms with Gasteiger partial charge in [0.05, 0.1) is 5.69 Å². The van der Waals surface area contributed by atoms with Gasteiger partial charge in [-0.15, -0.1) is 11.3 Å². The zero-order chi connectivity index (χ0) is 17.8. The average Bonchev–Trinajstić information content (AvgIpc) is 3.03. The number of pyridine rings is 1. The van der Waals surface area contributed by atoms with E-state index < -0.39 is 11.9 Å². The van der Waals surface area contributed by atoms with Gasteiger partial charge < -0.3 is 5.32 Å². The van der Waals surface area contributed by atoms with Crippen LogP contribution in [0.5, 0.6) is 0 Å². The van der Waals surface area contributed by atoms with Crippen molar-refractivity contribution < 1.29 is 14.0 Å². The summed E-state index contributed by atoms with van der Waals surface area (Å²) in [6.45, 7) is 1.44. The van der Waals surface area contributed by atoms with Crippen molar-refractivity contribution in [1.29, 1.82) is 0 Å². The summed E-state index contributed by atoms with van der Waals surface area (Å²) >= 11 is 1.26. The molecular weight excluding hydrogens is 343 g/mol. The van der Waals surface area contributed by atoms with Crippen LogP contribution in [0.3, 0.4) is 0 Å². The molecule has 25 heavy (non-hydrogen) atoms. The molecule has 8 heteroatoms. The number of thiazole rings is 1. The lowest BCUT2D eigenvalue weighted by molar-refractivity contribution is -0.114. The topological polar surface area (TPSA) is 84.0 Å². The minimum atomic E-state index is -0.716. The molecular formula is C17H13FN4O2S. The minimum absolute atomic E-state index is 0.140. The Hall–Kier alpha value is -3.13. The number of aromatic nitrogens is 2. The molecule has 0 unspecified atom stereocenters. The second kappa shape index (κ2) is 7.18. The maximum Gasteiger partial charge on any atom is 0.257 e. The van der Waals surface area contributed by atoms with Crippen molar-refractivity contribution in [2.45, 2.75) is 6.92 Å². The van der Waals surface area contributed by atoms with Crippen molar-refractivity contribution >= 4 is 34.0 Å². The zero-order valence-corrected chi connectivity index (χ0v) is 13.9. The Morgan fingerprint density at radius 3 is 2.56 bits per heavy atom. The summed E-state index contributed by atoms with van der Waals surface area (Å²) < 4.78 is 13.1. The molecule has 2 amide bonds. The van der Waals surface area contributed by atoms with E-state index in [9.17, 15) is 14.0 Å². The van der Waals surface area contributed by atoms with E-state index in [0.29, 0.717) is 16.5 Å². The largest absolute Gasteiger partial charge is 0.326 e. The molecule has 0 saturated carbocycles. The van der Waals surface area contributed by atoms with Gasteiger partial charge in [-0.05, 0) is 18.2 Å². The predicted molar refractivity (Wildman–Crippen MR) is 94.0 cm³/mol. The van der Waals surface area contributed by atoms with Crippen LogP contribution < -0.4 is 10.6 Å². The lowest BCUT2D eigenvalue weighted by Gasteiger charge is -2.03. The van der Waals surface area contributed by atoms with Gasteiger partial charge in [-0.2, -0.15) is 4.39 Å². The number of anilines is 2. The number of nitrogens with zero attached hydrogens (tertiary/aromatic N) is 2. The maximum atomic E-state index is 13.1. The van der Waals surface area contributed by atoms with Crippen molar-refractivity contribution in [3.05, 3.63) is 59.5 Å². The first-order valence-corrected chi connectivity index (χ1v) is 8.16. The molecule has 126 valence electrons. The molecule has 3 rings (SSSR count). The van der Waals surface area contributed by atoms with Gasteiger partial charge >= 0.3 is 0 Å². The second-order valence-corrected chi connectivity index (χ2v) is 5.98. The molecule has 0 saturated heterocycles. The van der Waals surface area contributed by atoms with Crippen LogP contribution >= 0.6 is 11.3 Å². The quantitative estimate of drug-likeness (QED) is 0.700. The molecule has 6 nitrogen and oxygen atoms in total. The van der Waals surface area contributed by atoms with E-state index in [1.54, 1.807) is 17.5 Å². The number of carbonyl (C=O) groups is 2. The Morgan fingerprint density at radius 2 is 1.88 bits per heavy atom. The lowest BCUT2D eigenvalue weighted by Crippen LogP contribution is -2.12. The highest BCUT2D eigenvalue weighted by Gasteiger charge is 2.11. The number of amides is 2. The van der Waals surface area contributed by atoms with Crippen molar-refractivity contribution in [1.82, 2.24) is 9.97 Å². The molecule has 2 heterocycles. The fourth-order valence-corrected chi connectivity index (χ4v) is 2.82. The van der Waals surface area contributed by atoms with Crippen LogP contribution in [-0.2, 0) is 4.79 Å². The number of hydrogen-bond acceptors (Lipinski definition) is 5. The smallest absolute Gasteiger partial charge is 0.257 e. The lowest BCUT2D eigenvalue weighted by atomic mass is 10.1. The first kappa shape index (κ1) is 16.7. The average molecular weight is 356 g/mol. The van der Waals surface area contributed by atoms with E-state index in [2.05, 4.69) is 20.6 Å². The molecule has 2 N–H and O–H groups in total. The highest BCUT2D eigenvalue weighted by Crippen LogP contribution is 2.26. The van der Waals surface area contributed by atoms with Crippen molar-refractivity contribution in [3.63, 3.8) is 0 Å². The molecule has 0 bridgehead atoms. The Bertz CT molecular complexity index is 924. The number of nitrogens with one attached hydrogen (secondary N) is 2. The molecule has 0 fully saturated rings. The van der Waals surface area contributed by atoms with Crippen LogP contribution in [0, 0.1) is 5.95 Å². The Morgan fingerprint density at radius 1 is 1.12 bits per heavy atom. The maximum absolute atomic E-state index is 13.1. The van der Waals surface area contributed by atoms with Crippen LogP contribution in [0.25, 0.3) is 11.3 Å². The van der Waals surface area contributed by atoms with Gasteiger partial charge in [-0.25, -0.2) is 9.97 Å². The van der Waals surface area contributed by atoms with E-state index in [1.807, 2.05) is 12.1 Å². The third-order valence-corrected chi connectivity index (χ3v) is 3.97. The highest BCUT2D eigenvalue weighted by molar-refractivity contribution is 7.14. The van der Waals surface area contributed by atoms with Crippen LogP contribution in [0.4, 0.5) is 15.2 Å². The van der Waals surface area contributed by atoms with Gasteiger partial charge in [0.25, 0.3) is 5.91 Å². The second-order valence-electron chi connectivity index (χ2n) is 5.12. The van der Waals surface area contributed by atoms with Crippen LogP contribution in [0.2, 0.25) is 0 Å². The van der Waals surface area contributed by atoms with Gasteiger partial charge in [-0.3, -0.25) is 14.9 Å². The van der Waals surface area contributed by atoms with Crippen molar-refractivity contribution in [2.75, 3.05) is 10.6 Å². The molecule has 0 atom stereocenters.